The molecule has 0 fully saturated rings. The molecule has 0 amide bonds. The highest BCUT2D eigenvalue weighted by molar-refractivity contribution is 6.15. The smallest absolute Gasteiger partial charge is 0.240 e. The molecule has 0 saturated carbocycles. The van der Waals surface area contributed by atoms with Crippen molar-refractivity contribution in [3.8, 4) is 56.7 Å². The van der Waals surface area contributed by atoms with Crippen LogP contribution in [0, 0.1) is 0 Å². The van der Waals surface area contributed by atoms with Crippen molar-refractivity contribution in [2.75, 3.05) is 0 Å². The minimum Gasteiger partial charge on any atom is -0.278 e. The van der Waals surface area contributed by atoms with Crippen molar-refractivity contribution in [1.29, 1.82) is 0 Å². The number of nitrogens with zero attached hydrogens (tertiary/aromatic N) is 5. The Kier molecular flexibility index (Phi) is 8.66. The predicted octanol–water partition coefficient (Wildman–Crippen LogP) is 14.8. The van der Waals surface area contributed by atoms with E-state index in [0.29, 0.717) is 23.6 Å². The third-order valence-corrected chi connectivity index (χ3v) is 13.5. The average Bonchev–Trinajstić information content (AvgIpc) is 3.84. The summed E-state index contributed by atoms with van der Waals surface area (Å²) >= 11 is 0. The van der Waals surface area contributed by atoms with Crippen molar-refractivity contribution in [1.82, 2.24) is 24.1 Å². The average molecular weight is 832 g/mol. The van der Waals surface area contributed by atoms with Gasteiger partial charge in [0, 0.05) is 33.0 Å². The Bertz CT molecular complexity index is 3760. The predicted molar refractivity (Wildman–Crippen MR) is 267 cm³/mol. The summed E-state index contributed by atoms with van der Waals surface area (Å²) in [5, 5.41) is 4.67. The van der Waals surface area contributed by atoms with E-state index in [2.05, 4.69) is 228 Å². The second-order valence-electron chi connectivity index (χ2n) is 17.1. The monoisotopic (exact) mass is 831 g/mol. The molecule has 0 saturated heterocycles. The van der Waals surface area contributed by atoms with Crippen LogP contribution >= 0.6 is 0 Å². The Hall–Kier alpha value is -8.41. The second kappa shape index (κ2) is 15.1. The maximum Gasteiger partial charge on any atom is 0.240 e. The lowest BCUT2D eigenvalue weighted by Crippen LogP contribution is -2.10. The van der Waals surface area contributed by atoms with E-state index < -0.39 is 0 Å². The van der Waals surface area contributed by atoms with Gasteiger partial charge in [-0.2, -0.15) is 15.0 Å². The van der Waals surface area contributed by atoms with E-state index in [-0.39, 0.29) is 0 Å². The van der Waals surface area contributed by atoms with E-state index in [4.69, 9.17) is 15.0 Å². The molecule has 1 atom stereocenters. The summed E-state index contributed by atoms with van der Waals surface area (Å²) in [7, 11) is 0. The number of benzene rings is 9. The van der Waals surface area contributed by atoms with Crippen molar-refractivity contribution in [3.05, 3.63) is 235 Å². The SMILES string of the molecule is c1ccc(-c2ccc(-c3nc(-n4c5ccccc5c5cc6c(cc54)-c4ccccc4C(c4ccccc4)CC6)nc(-n4c5ccccc5c5c(-c6ccccc6)cccc54)n3)cc2)cc1. The van der Waals surface area contributed by atoms with Gasteiger partial charge >= 0.3 is 0 Å². The van der Waals surface area contributed by atoms with Crippen molar-refractivity contribution < 1.29 is 0 Å². The standard InChI is InChI=1S/C60H41N5/c1-4-17-39(18-5-1)40-31-33-43(34-32-40)58-61-59(64-54-29-15-13-26-50(54)57-46(27-16-30-55(57)64)42-21-8-3-9-22-42)63-60(62-58)65-53-28-14-12-25-49(53)52-37-44-35-36-45(41-19-6-2-7-20-41)47-23-10-11-24-48(47)51(44)38-56(52)65/h1-34,37-38,45H,35-36H2. The summed E-state index contributed by atoms with van der Waals surface area (Å²) in [6, 6.07) is 78.4. The van der Waals surface area contributed by atoms with Crippen LogP contribution in [0.4, 0.5) is 0 Å². The molecule has 0 N–H and O–H groups in total. The minimum atomic E-state index is 0.300. The maximum atomic E-state index is 5.54. The van der Waals surface area contributed by atoms with Crippen molar-refractivity contribution in [3.63, 3.8) is 0 Å². The third kappa shape index (κ3) is 6.11. The lowest BCUT2D eigenvalue weighted by Gasteiger charge is -2.18. The Morgan fingerprint density at radius 3 is 1.68 bits per heavy atom. The molecule has 0 aliphatic heterocycles. The van der Waals surface area contributed by atoms with Crippen LogP contribution in [0.15, 0.2) is 218 Å². The molecule has 0 radical (unpaired) electrons. The van der Waals surface area contributed by atoms with Gasteiger partial charge in [0.2, 0.25) is 11.9 Å². The van der Waals surface area contributed by atoms with Crippen LogP contribution in [0.2, 0.25) is 0 Å². The van der Waals surface area contributed by atoms with Gasteiger partial charge in [0.25, 0.3) is 0 Å². The molecule has 1 aliphatic rings. The molecular weight excluding hydrogens is 791 g/mol. The van der Waals surface area contributed by atoms with Crippen molar-refractivity contribution in [2.24, 2.45) is 0 Å². The summed E-state index contributed by atoms with van der Waals surface area (Å²) in [5.74, 6) is 2.03. The summed E-state index contributed by atoms with van der Waals surface area (Å²) < 4.78 is 4.49. The van der Waals surface area contributed by atoms with Crippen LogP contribution in [-0.4, -0.2) is 24.1 Å². The molecule has 12 aromatic rings. The first-order chi connectivity index (χ1) is 32.2. The number of hydrogen-bond donors (Lipinski definition) is 0. The fraction of sp³-hybridized carbons (Fsp3) is 0.0500. The van der Waals surface area contributed by atoms with Gasteiger partial charge in [-0.3, -0.25) is 9.13 Å². The summed E-state index contributed by atoms with van der Waals surface area (Å²) in [4.78, 5) is 16.4. The lowest BCUT2D eigenvalue weighted by atomic mass is 9.86. The van der Waals surface area contributed by atoms with E-state index in [0.717, 1.165) is 67.9 Å². The molecule has 3 aromatic heterocycles. The molecule has 5 nitrogen and oxygen atoms in total. The molecule has 3 heterocycles. The fourth-order valence-electron chi connectivity index (χ4n) is 10.5. The molecule has 13 rings (SSSR count). The molecule has 306 valence electrons. The van der Waals surface area contributed by atoms with Gasteiger partial charge in [0.15, 0.2) is 5.82 Å². The van der Waals surface area contributed by atoms with Crippen LogP contribution in [0.3, 0.4) is 0 Å². The first kappa shape index (κ1) is 37.2. The van der Waals surface area contributed by atoms with Crippen LogP contribution in [0.25, 0.3) is 100 Å². The zero-order valence-electron chi connectivity index (χ0n) is 35.5. The number of para-hydroxylation sites is 2. The van der Waals surface area contributed by atoms with Crippen LogP contribution < -0.4 is 0 Å². The van der Waals surface area contributed by atoms with Gasteiger partial charge in [-0.1, -0.05) is 188 Å². The molecule has 1 unspecified atom stereocenters. The van der Waals surface area contributed by atoms with Gasteiger partial charge < -0.3 is 0 Å². The number of aryl methyl sites for hydroxylation is 1. The highest BCUT2D eigenvalue weighted by atomic mass is 15.3. The van der Waals surface area contributed by atoms with Crippen molar-refractivity contribution in [2.45, 2.75) is 18.8 Å². The highest BCUT2D eigenvalue weighted by Gasteiger charge is 2.27. The van der Waals surface area contributed by atoms with Crippen molar-refractivity contribution >= 4 is 43.6 Å². The third-order valence-electron chi connectivity index (χ3n) is 13.5. The normalized spacial score (nSPS) is 13.6. The molecular formula is C60H41N5. The molecule has 65 heavy (non-hydrogen) atoms. The van der Waals surface area contributed by atoms with Gasteiger partial charge in [-0.15, -0.1) is 0 Å². The molecule has 5 heteroatoms. The molecule has 9 aromatic carbocycles. The van der Waals surface area contributed by atoms with E-state index in [1.807, 2.05) is 0 Å². The zero-order chi connectivity index (χ0) is 42.8. The topological polar surface area (TPSA) is 48.5 Å². The van der Waals surface area contributed by atoms with E-state index in [1.54, 1.807) is 0 Å². The second-order valence-corrected chi connectivity index (χ2v) is 17.1. The Morgan fingerprint density at radius 1 is 0.369 bits per heavy atom. The van der Waals surface area contributed by atoms with Crippen LogP contribution in [-0.2, 0) is 6.42 Å². The highest BCUT2D eigenvalue weighted by Crippen LogP contribution is 2.45. The Morgan fingerprint density at radius 2 is 0.923 bits per heavy atom. The van der Waals surface area contributed by atoms with E-state index in [9.17, 15) is 0 Å². The first-order valence-corrected chi connectivity index (χ1v) is 22.5. The number of fused-ring (bicyclic) bond motifs is 9. The summed E-state index contributed by atoms with van der Waals surface area (Å²) in [6.07, 6.45) is 2.00. The number of hydrogen-bond acceptors (Lipinski definition) is 3. The van der Waals surface area contributed by atoms with Gasteiger partial charge in [0.05, 0.1) is 22.1 Å². The summed E-state index contributed by atoms with van der Waals surface area (Å²) in [6.45, 7) is 0. The van der Waals surface area contributed by atoms with Crippen LogP contribution in [0.5, 0.6) is 0 Å². The quantitative estimate of drug-likeness (QED) is 0.168. The van der Waals surface area contributed by atoms with E-state index in [1.165, 1.54) is 44.2 Å². The summed E-state index contributed by atoms with van der Waals surface area (Å²) in [5.41, 5.74) is 16.4. The zero-order valence-corrected chi connectivity index (χ0v) is 35.5. The largest absolute Gasteiger partial charge is 0.278 e. The Labute approximate surface area is 376 Å². The molecule has 0 spiro atoms. The number of rotatable bonds is 6. The van der Waals surface area contributed by atoms with Gasteiger partial charge in [-0.05, 0) is 93.2 Å². The van der Waals surface area contributed by atoms with E-state index >= 15 is 0 Å². The van der Waals surface area contributed by atoms with Gasteiger partial charge in [0.1, 0.15) is 0 Å². The molecule has 1 aliphatic carbocycles. The molecule has 0 bridgehead atoms. The Balaban J connectivity index is 1.08. The fourth-order valence-corrected chi connectivity index (χ4v) is 10.5. The first-order valence-electron chi connectivity index (χ1n) is 22.5. The number of aromatic nitrogens is 5. The lowest BCUT2D eigenvalue weighted by molar-refractivity contribution is 0.726. The van der Waals surface area contributed by atoms with Crippen LogP contribution in [0.1, 0.15) is 29.0 Å². The minimum absolute atomic E-state index is 0.300. The van der Waals surface area contributed by atoms with Gasteiger partial charge in [-0.25, -0.2) is 0 Å². The maximum absolute atomic E-state index is 5.54.